The number of ether oxygens (including phenoxy) is 2. The molecule has 5 atom stereocenters. The van der Waals surface area contributed by atoms with Crippen LogP contribution in [0.1, 0.15) is 42.9 Å². The number of piperidine rings is 1. The molecule has 2 aromatic carbocycles. The summed E-state index contributed by atoms with van der Waals surface area (Å²) in [6, 6.07) is 11.4. The maximum absolute atomic E-state index is 13.6. The van der Waals surface area contributed by atoms with Gasteiger partial charge in [0.15, 0.2) is 0 Å². The van der Waals surface area contributed by atoms with E-state index in [9.17, 15) is 9.59 Å². The monoisotopic (exact) mass is 554 g/mol. The number of likely N-dealkylation sites (N-methyl/N-ethyl adjacent to an activating group) is 1. The van der Waals surface area contributed by atoms with Crippen molar-refractivity contribution < 1.29 is 19.1 Å². The average Bonchev–Trinajstić information content (AvgIpc) is 3.22. The second-order valence-electron chi connectivity index (χ2n) is 11.1. The Morgan fingerprint density at radius 3 is 2.79 bits per heavy atom. The molecule has 6 nitrogen and oxygen atoms in total. The van der Waals surface area contributed by atoms with Gasteiger partial charge < -0.3 is 14.4 Å². The Labute approximate surface area is 233 Å². The molecule has 2 aliphatic heterocycles. The molecule has 38 heavy (non-hydrogen) atoms. The van der Waals surface area contributed by atoms with E-state index in [1.807, 2.05) is 36.2 Å². The minimum absolute atomic E-state index is 0.0130. The zero-order valence-corrected chi connectivity index (χ0v) is 23.2. The van der Waals surface area contributed by atoms with Crippen molar-refractivity contribution in [3.63, 3.8) is 0 Å². The van der Waals surface area contributed by atoms with E-state index in [0.717, 1.165) is 37.2 Å². The first-order valence-electron chi connectivity index (χ1n) is 13.2. The van der Waals surface area contributed by atoms with Gasteiger partial charge in [0.1, 0.15) is 17.5 Å². The molecule has 2 unspecified atom stereocenters. The number of benzene rings is 2. The predicted octanol–water partition coefficient (Wildman–Crippen LogP) is 4.97. The van der Waals surface area contributed by atoms with Gasteiger partial charge in [0.05, 0.1) is 34.0 Å². The third-order valence-corrected chi connectivity index (χ3v) is 10.1. The summed E-state index contributed by atoms with van der Waals surface area (Å²) in [5, 5.41) is 0.899. The minimum Gasteiger partial charge on any atom is -0.487 e. The topological polar surface area (TPSA) is 59.1 Å². The summed E-state index contributed by atoms with van der Waals surface area (Å²) in [5.41, 5.74) is 1.99. The molecule has 1 spiro atoms. The Morgan fingerprint density at radius 2 is 2.05 bits per heavy atom. The van der Waals surface area contributed by atoms with Gasteiger partial charge in [-0.2, -0.15) is 0 Å². The number of rotatable bonds is 6. The van der Waals surface area contributed by atoms with Crippen molar-refractivity contribution in [2.45, 2.75) is 68.2 Å². The first-order chi connectivity index (χ1) is 18.2. The van der Waals surface area contributed by atoms with Crippen LogP contribution >= 0.6 is 23.2 Å². The van der Waals surface area contributed by atoms with Gasteiger partial charge >= 0.3 is 5.97 Å². The van der Waals surface area contributed by atoms with E-state index < -0.39 is 11.0 Å². The van der Waals surface area contributed by atoms with Gasteiger partial charge in [-0.1, -0.05) is 47.5 Å². The van der Waals surface area contributed by atoms with Crippen molar-refractivity contribution in [1.82, 2.24) is 9.80 Å². The molecule has 1 amide bonds. The predicted molar refractivity (Wildman–Crippen MR) is 147 cm³/mol. The van der Waals surface area contributed by atoms with Crippen molar-refractivity contribution in [1.29, 1.82) is 0 Å². The SMILES string of the molecule is C=CCN1CC[C@]23c4c5cccc4OC2C(N(C)C(=O)Cc2ccc(Cl)c(Cl)c2)CC[C@@]3(OC(C)=O)[C@H]1C5. The molecule has 0 radical (unpaired) electrons. The molecule has 2 aromatic rings. The average molecular weight is 556 g/mol. The van der Waals surface area contributed by atoms with Crippen LogP contribution in [0.4, 0.5) is 0 Å². The van der Waals surface area contributed by atoms with Crippen molar-refractivity contribution in [3.05, 3.63) is 75.8 Å². The molecule has 4 aliphatic rings. The fourth-order valence-electron chi connectivity index (χ4n) is 7.92. The van der Waals surface area contributed by atoms with Gasteiger partial charge in [-0.15, -0.1) is 6.58 Å². The molecule has 2 heterocycles. The van der Waals surface area contributed by atoms with Gasteiger partial charge in [-0.3, -0.25) is 14.5 Å². The van der Waals surface area contributed by atoms with E-state index in [2.05, 4.69) is 17.5 Å². The van der Waals surface area contributed by atoms with Crippen molar-refractivity contribution >= 4 is 35.1 Å². The summed E-state index contributed by atoms with van der Waals surface area (Å²) in [4.78, 5) is 30.5. The van der Waals surface area contributed by atoms with Gasteiger partial charge in [-0.05, 0) is 55.0 Å². The van der Waals surface area contributed by atoms with Crippen LogP contribution in [0.25, 0.3) is 0 Å². The molecule has 2 fully saturated rings. The van der Waals surface area contributed by atoms with E-state index >= 15 is 0 Å². The fourth-order valence-corrected chi connectivity index (χ4v) is 8.24. The van der Waals surface area contributed by atoms with Crippen LogP contribution in [0, 0.1) is 0 Å². The molecule has 1 saturated carbocycles. The van der Waals surface area contributed by atoms with Crippen molar-refractivity contribution in [3.8, 4) is 5.75 Å². The maximum Gasteiger partial charge on any atom is 0.303 e. The molecular weight excluding hydrogens is 523 g/mol. The Hall–Kier alpha value is -2.54. The highest BCUT2D eigenvalue weighted by molar-refractivity contribution is 6.42. The molecule has 0 N–H and O–H groups in total. The Balaban J connectivity index is 1.41. The van der Waals surface area contributed by atoms with Crippen LogP contribution in [0.15, 0.2) is 49.1 Å². The highest BCUT2D eigenvalue weighted by Crippen LogP contribution is 2.65. The number of likely N-dealkylation sites (tertiary alicyclic amines) is 1. The smallest absolute Gasteiger partial charge is 0.303 e. The Bertz CT molecular complexity index is 1330. The van der Waals surface area contributed by atoms with Gasteiger partial charge in [0.2, 0.25) is 5.91 Å². The van der Waals surface area contributed by atoms with Crippen molar-refractivity contribution in [2.75, 3.05) is 20.1 Å². The lowest BCUT2D eigenvalue weighted by Crippen LogP contribution is -2.79. The van der Waals surface area contributed by atoms with Crippen molar-refractivity contribution in [2.24, 2.45) is 0 Å². The quantitative estimate of drug-likeness (QED) is 0.372. The van der Waals surface area contributed by atoms with E-state index in [4.69, 9.17) is 32.7 Å². The first kappa shape index (κ1) is 25.7. The number of carbonyl (C=O) groups excluding carboxylic acids is 2. The van der Waals surface area contributed by atoms with Crippen LogP contribution in [-0.2, 0) is 32.6 Å². The lowest BCUT2D eigenvalue weighted by atomic mass is 9.48. The second kappa shape index (κ2) is 9.29. The van der Waals surface area contributed by atoms with E-state index in [1.165, 1.54) is 18.1 Å². The van der Waals surface area contributed by atoms with Gasteiger partial charge in [0.25, 0.3) is 0 Å². The number of amides is 1. The number of hydrogen-bond donors (Lipinski definition) is 0. The van der Waals surface area contributed by atoms with E-state index in [-0.39, 0.29) is 36.5 Å². The third kappa shape index (κ3) is 3.56. The normalized spacial score (nSPS) is 30.7. The number of hydrogen-bond acceptors (Lipinski definition) is 5. The summed E-state index contributed by atoms with van der Waals surface area (Å²) >= 11 is 12.3. The highest BCUT2D eigenvalue weighted by Gasteiger charge is 2.75. The molecule has 2 bridgehead atoms. The zero-order valence-electron chi connectivity index (χ0n) is 21.7. The Kier molecular flexibility index (Phi) is 6.29. The van der Waals surface area contributed by atoms with Crippen LogP contribution in [0.3, 0.4) is 0 Å². The lowest BCUT2D eigenvalue weighted by molar-refractivity contribution is -0.222. The van der Waals surface area contributed by atoms with Crippen LogP contribution in [0.5, 0.6) is 5.75 Å². The van der Waals surface area contributed by atoms with Gasteiger partial charge in [0, 0.05) is 32.6 Å². The summed E-state index contributed by atoms with van der Waals surface area (Å²) < 4.78 is 13.2. The second-order valence-corrected chi connectivity index (χ2v) is 11.9. The summed E-state index contributed by atoms with van der Waals surface area (Å²) in [6.45, 7) is 7.07. The standard InChI is InChI=1S/C30H32Cl2N2O4/c1-4-13-34-14-12-29-27-20-6-5-7-24(27)37-28(29)23(10-11-30(29,25(34)17-20)38-18(2)35)33(3)26(36)16-19-8-9-21(31)22(32)15-19/h4-9,15,23,25,28H,1,10-14,16-17H2,2-3H3/t23?,25-,28?,29+,30-/m1/s1. The third-order valence-electron chi connectivity index (χ3n) is 9.32. The number of carbonyl (C=O) groups is 2. The van der Waals surface area contributed by atoms with Crippen LogP contribution < -0.4 is 4.74 Å². The molecule has 0 aromatic heterocycles. The summed E-state index contributed by atoms with van der Waals surface area (Å²) in [5.74, 6) is 0.571. The van der Waals surface area contributed by atoms with Crippen LogP contribution in [0.2, 0.25) is 10.0 Å². The zero-order chi connectivity index (χ0) is 26.8. The number of esters is 1. The minimum atomic E-state index is -0.728. The maximum atomic E-state index is 13.6. The lowest BCUT2D eigenvalue weighted by Gasteiger charge is -2.65. The molecule has 8 heteroatoms. The summed E-state index contributed by atoms with van der Waals surface area (Å²) in [6.07, 6.45) is 4.73. The van der Waals surface area contributed by atoms with E-state index in [1.54, 1.807) is 12.1 Å². The first-order valence-corrected chi connectivity index (χ1v) is 14.0. The number of halogens is 2. The summed E-state index contributed by atoms with van der Waals surface area (Å²) in [7, 11) is 1.86. The highest BCUT2D eigenvalue weighted by atomic mass is 35.5. The molecule has 200 valence electrons. The number of nitrogens with zero attached hydrogens (tertiary/aromatic N) is 2. The van der Waals surface area contributed by atoms with Gasteiger partial charge in [-0.25, -0.2) is 0 Å². The molecule has 1 saturated heterocycles. The molecular formula is C30H32Cl2N2O4. The van der Waals surface area contributed by atoms with E-state index in [0.29, 0.717) is 22.9 Å². The Morgan fingerprint density at radius 1 is 1.24 bits per heavy atom. The molecule has 2 aliphatic carbocycles. The molecule has 6 rings (SSSR count). The largest absolute Gasteiger partial charge is 0.487 e. The fraction of sp³-hybridized carbons (Fsp3) is 0.467. The van der Waals surface area contributed by atoms with Crippen LogP contribution in [-0.4, -0.2) is 65.6 Å².